The second-order valence-corrected chi connectivity index (χ2v) is 5.31. The molecule has 0 saturated carbocycles. The number of fused-ring (bicyclic) bond motifs is 1. The summed E-state index contributed by atoms with van der Waals surface area (Å²) >= 11 is 0. The molecule has 0 bridgehead atoms. The Morgan fingerprint density at radius 1 is 1.08 bits per heavy atom. The summed E-state index contributed by atoms with van der Waals surface area (Å²) in [6, 6.07) is 12.8. The molecule has 0 atom stereocenters. The van der Waals surface area contributed by atoms with Crippen LogP contribution in [0, 0.1) is 0 Å². The summed E-state index contributed by atoms with van der Waals surface area (Å²) in [7, 11) is 0. The number of anilines is 1. The van der Waals surface area contributed by atoms with Crippen LogP contribution >= 0.6 is 0 Å². The van der Waals surface area contributed by atoms with Crippen molar-refractivity contribution in [1.82, 2.24) is 15.0 Å². The molecule has 0 spiro atoms. The molecule has 2 aromatic carbocycles. The quantitative estimate of drug-likeness (QED) is 0.715. The predicted octanol–water partition coefficient (Wildman–Crippen LogP) is 2.87. The van der Waals surface area contributed by atoms with E-state index >= 15 is 0 Å². The van der Waals surface area contributed by atoms with Crippen LogP contribution in [0.15, 0.2) is 42.5 Å². The third-order valence-corrected chi connectivity index (χ3v) is 3.54. The summed E-state index contributed by atoms with van der Waals surface area (Å²) < 4.78 is 12.7. The largest absolute Gasteiger partial charge is 0.490 e. The fourth-order valence-electron chi connectivity index (χ4n) is 2.50. The lowest BCUT2D eigenvalue weighted by Gasteiger charge is -2.13. The molecular weight excluding hydrogens is 320 g/mol. The summed E-state index contributed by atoms with van der Waals surface area (Å²) in [4.78, 5) is 12.3. The van der Waals surface area contributed by atoms with Gasteiger partial charge in [-0.05, 0) is 38.1 Å². The number of nitrogens with zero attached hydrogens (tertiary/aromatic N) is 3. The minimum Gasteiger partial charge on any atom is -0.490 e. The molecule has 0 unspecified atom stereocenters. The van der Waals surface area contributed by atoms with Crippen LogP contribution < -0.4 is 14.8 Å². The lowest BCUT2D eigenvalue weighted by atomic mass is 10.2. The number of carbonyl (C=O) groups excluding carboxylic acids is 1. The van der Waals surface area contributed by atoms with Crippen LogP contribution in [0.1, 0.15) is 13.8 Å². The number of para-hydroxylation sites is 1. The van der Waals surface area contributed by atoms with Gasteiger partial charge in [-0.15, -0.1) is 5.10 Å². The van der Waals surface area contributed by atoms with Gasteiger partial charge in [0.1, 0.15) is 12.1 Å². The van der Waals surface area contributed by atoms with E-state index in [0.29, 0.717) is 30.4 Å². The highest BCUT2D eigenvalue weighted by atomic mass is 16.5. The zero-order valence-electron chi connectivity index (χ0n) is 14.2. The first-order valence-corrected chi connectivity index (χ1v) is 8.19. The first kappa shape index (κ1) is 16.8. The standard InChI is InChI=1S/C18H20N4O3/c1-3-24-16-10-9-13(11-17(16)25-4-2)19-18(23)12-22-15-8-6-5-7-14(15)20-21-22/h5-11H,3-4,12H2,1-2H3,(H,19,23). The maximum absolute atomic E-state index is 12.3. The smallest absolute Gasteiger partial charge is 0.246 e. The first-order valence-electron chi connectivity index (χ1n) is 8.19. The van der Waals surface area contributed by atoms with Crippen molar-refractivity contribution in [2.24, 2.45) is 0 Å². The molecule has 130 valence electrons. The van der Waals surface area contributed by atoms with Gasteiger partial charge in [0.05, 0.1) is 18.7 Å². The van der Waals surface area contributed by atoms with Gasteiger partial charge < -0.3 is 14.8 Å². The van der Waals surface area contributed by atoms with E-state index in [-0.39, 0.29) is 12.5 Å². The number of aromatic nitrogens is 3. The Morgan fingerprint density at radius 3 is 2.64 bits per heavy atom. The van der Waals surface area contributed by atoms with Gasteiger partial charge in [-0.25, -0.2) is 4.68 Å². The molecule has 1 heterocycles. The minimum atomic E-state index is -0.192. The SMILES string of the molecule is CCOc1ccc(NC(=O)Cn2nnc3ccccc32)cc1OCC. The zero-order valence-corrected chi connectivity index (χ0v) is 14.2. The van der Waals surface area contributed by atoms with Crippen molar-refractivity contribution >= 4 is 22.6 Å². The van der Waals surface area contributed by atoms with Crippen LogP contribution in [-0.4, -0.2) is 34.1 Å². The highest BCUT2D eigenvalue weighted by Gasteiger charge is 2.11. The number of benzene rings is 2. The number of nitrogens with one attached hydrogen (secondary N) is 1. The second kappa shape index (κ2) is 7.65. The zero-order chi connectivity index (χ0) is 17.6. The average molecular weight is 340 g/mol. The minimum absolute atomic E-state index is 0.0810. The van der Waals surface area contributed by atoms with Crippen molar-refractivity contribution in [2.45, 2.75) is 20.4 Å². The Kier molecular flexibility index (Phi) is 5.13. The van der Waals surface area contributed by atoms with Crippen molar-refractivity contribution in [3.8, 4) is 11.5 Å². The van der Waals surface area contributed by atoms with Crippen LogP contribution in [0.4, 0.5) is 5.69 Å². The third kappa shape index (κ3) is 3.88. The van der Waals surface area contributed by atoms with Gasteiger partial charge in [-0.2, -0.15) is 0 Å². The molecule has 0 aliphatic carbocycles. The maximum atomic E-state index is 12.3. The van der Waals surface area contributed by atoms with Crippen LogP contribution in [0.3, 0.4) is 0 Å². The number of amides is 1. The molecule has 1 amide bonds. The van der Waals surface area contributed by atoms with E-state index in [4.69, 9.17) is 9.47 Å². The van der Waals surface area contributed by atoms with E-state index in [2.05, 4.69) is 15.6 Å². The van der Waals surface area contributed by atoms with Crippen molar-refractivity contribution in [3.05, 3.63) is 42.5 Å². The number of hydrogen-bond acceptors (Lipinski definition) is 5. The number of ether oxygens (including phenoxy) is 2. The number of hydrogen-bond donors (Lipinski definition) is 1. The van der Waals surface area contributed by atoms with Gasteiger partial charge >= 0.3 is 0 Å². The molecule has 0 saturated heterocycles. The monoisotopic (exact) mass is 340 g/mol. The first-order chi connectivity index (χ1) is 12.2. The average Bonchev–Trinajstić information content (AvgIpc) is 3.01. The molecule has 0 aliphatic rings. The molecule has 0 radical (unpaired) electrons. The van der Waals surface area contributed by atoms with Crippen LogP contribution in [0.2, 0.25) is 0 Å². The number of carbonyl (C=O) groups is 1. The fraction of sp³-hybridized carbons (Fsp3) is 0.278. The molecule has 0 aliphatic heterocycles. The van der Waals surface area contributed by atoms with E-state index in [1.807, 2.05) is 38.1 Å². The van der Waals surface area contributed by atoms with Gasteiger partial charge in [0, 0.05) is 11.8 Å². The van der Waals surface area contributed by atoms with E-state index in [9.17, 15) is 4.79 Å². The molecule has 0 fully saturated rings. The summed E-state index contributed by atoms with van der Waals surface area (Å²) in [5.41, 5.74) is 2.22. The fourth-order valence-corrected chi connectivity index (χ4v) is 2.50. The lowest BCUT2D eigenvalue weighted by Crippen LogP contribution is -2.19. The van der Waals surface area contributed by atoms with E-state index < -0.39 is 0 Å². The van der Waals surface area contributed by atoms with E-state index in [1.165, 1.54) is 0 Å². The van der Waals surface area contributed by atoms with Crippen molar-refractivity contribution in [2.75, 3.05) is 18.5 Å². The van der Waals surface area contributed by atoms with Gasteiger partial charge in [-0.3, -0.25) is 4.79 Å². The molecule has 1 N–H and O–H groups in total. The molecule has 25 heavy (non-hydrogen) atoms. The molecule has 3 aromatic rings. The summed E-state index contributed by atoms with van der Waals surface area (Å²) in [6.45, 7) is 4.95. The highest BCUT2D eigenvalue weighted by molar-refractivity contribution is 5.91. The number of rotatable bonds is 7. The molecule has 7 heteroatoms. The Hall–Kier alpha value is -3.09. The van der Waals surface area contributed by atoms with Crippen LogP contribution in [-0.2, 0) is 11.3 Å². The Bertz CT molecular complexity index is 876. The summed E-state index contributed by atoms with van der Waals surface area (Å²) in [6.07, 6.45) is 0. The Morgan fingerprint density at radius 2 is 1.84 bits per heavy atom. The molecule has 1 aromatic heterocycles. The lowest BCUT2D eigenvalue weighted by molar-refractivity contribution is -0.116. The van der Waals surface area contributed by atoms with Gasteiger partial charge in [-0.1, -0.05) is 17.3 Å². The summed E-state index contributed by atoms with van der Waals surface area (Å²) in [5, 5.41) is 10.9. The van der Waals surface area contributed by atoms with Crippen LogP contribution in [0.5, 0.6) is 11.5 Å². The maximum Gasteiger partial charge on any atom is 0.246 e. The van der Waals surface area contributed by atoms with Gasteiger partial charge in [0.15, 0.2) is 11.5 Å². The van der Waals surface area contributed by atoms with Crippen molar-refractivity contribution < 1.29 is 14.3 Å². The molecular formula is C18H20N4O3. The Balaban J connectivity index is 1.73. The predicted molar refractivity (Wildman–Crippen MR) is 94.9 cm³/mol. The normalized spacial score (nSPS) is 10.6. The molecule has 7 nitrogen and oxygen atoms in total. The molecule has 3 rings (SSSR count). The van der Waals surface area contributed by atoms with Crippen molar-refractivity contribution in [1.29, 1.82) is 0 Å². The van der Waals surface area contributed by atoms with E-state index in [0.717, 1.165) is 11.0 Å². The second-order valence-electron chi connectivity index (χ2n) is 5.31. The Labute approximate surface area is 145 Å². The van der Waals surface area contributed by atoms with Gasteiger partial charge in [0.2, 0.25) is 5.91 Å². The van der Waals surface area contributed by atoms with Gasteiger partial charge in [0.25, 0.3) is 0 Å². The van der Waals surface area contributed by atoms with Crippen LogP contribution in [0.25, 0.3) is 11.0 Å². The highest BCUT2D eigenvalue weighted by Crippen LogP contribution is 2.30. The topological polar surface area (TPSA) is 78.3 Å². The van der Waals surface area contributed by atoms with E-state index in [1.54, 1.807) is 22.9 Å². The summed E-state index contributed by atoms with van der Waals surface area (Å²) in [5.74, 6) is 1.07. The van der Waals surface area contributed by atoms with Crippen molar-refractivity contribution in [3.63, 3.8) is 0 Å². The third-order valence-electron chi connectivity index (χ3n) is 3.54.